The molecule has 0 radical (unpaired) electrons. The molecule has 6 heteroatoms. The highest BCUT2D eigenvalue weighted by Crippen LogP contribution is 2.41. The second kappa shape index (κ2) is 8.69. The zero-order valence-electron chi connectivity index (χ0n) is 16.4. The minimum Gasteiger partial charge on any atom is -0.495 e. The first-order chi connectivity index (χ1) is 13.6. The van der Waals surface area contributed by atoms with Crippen molar-refractivity contribution in [2.75, 3.05) is 33.2 Å². The largest absolute Gasteiger partial charge is 0.495 e. The Kier molecular flexibility index (Phi) is 6.09. The van der Waals surface area contributed by atoms with Gasteiger partial charge in [-0.2, -0.15) is 0 Å². The van der Waals surface area contributed by atoms with Gasteiger partial charge < -0.3 is 24.7 Å². The highest BCUT2D eigenvalue weighted by Gasteiger charge is 2.19. The van der Waals surface area contributed by atoms with E-state index in [2.05, 4.69) is 0 Å². The molecule has 0 aliphatic carbocycles. The van der Waals surface area contributed by atoms with Gasteiger partial charge in [0, 0.05) is 11.1 Å². The van der Waals surface area contributed by atoms with Gasteiger partial charge in [-0.15, -0.1) is 0 Å². The van der Waals surface area contributed by atoms with Crippen molar-refractivity contribution in [1.82, 2.24) is 0 Å². The molecule has 1 aliphatic rings. The van der Waals surface area contributed by atoms with Crippen LogP contribution in [0.2, 0.25) is 0 Å². The summed E-state index contributed by atoms with van der Waals surface area (Å²) in [7, 11) is 3.12. The summed E-state index contributed by atoms with van der Waals surface area (Å²) in [6.45, 7) is 3.00. The molecular formula is C22H25NO5. The molecule has 28 heavy (non-hydrogen) atoms. The lowest BCUT2D eigenvalue weighted by atomic mass is 9.96. The van der Waals surface area contributed by atoms with Crippen LogP contribution >= 0.6 is 0 Å². The number of Topliss-reactive ketones (excluding diaryl/α,β-unsaturated/α-hetero) is 1. The van der Waals surface area contributed by atoms with E-state index in [-0.39, 0.29) is 5.78 Å². The van der Waals surface area contributed by atoms with E-state index in [0.717, 1.165) is 12.0 Å². The third-order valence-electron chi connectivity index (χ3n) is 4.50. The quantitative estimate of drug-likeness (QED) is 0.440. The van der Waals surface area contributed by atoms with Crippen molar-refractivity contribution >= 4 is 17.5 Å². The Morgan fingerprint density at radius 2 is 1.86 bits per heavy atom. The minimum absolute atomic E-state index is 0.0611. The zero-order chi connectivity index (χ0) is 20.1. The Balaban J connectivity index is 2.00. The molecule has 0 unspecified atom stereocenters. The van der Waals surface area contributed by atoms with Crippen LogP contribution in [0.3, 0.4) is 0 Å². The highest BCUT2D eigenvalue weighted by atomic mass is 16.6. The van der Waals surface area contributed by atoms with Crippen molar-refractivity contribution in [3.63, 3.8) is 0 Å². The van der Waals surface area contributed by atoms with Gasteiger partial charge in [-0.3, -0.25) is 4.79 Å². The van der Waals surface area contributed by atoms with E-state index in [1.165, 1.54) is 7.11 Å². The second-order valence-electron chi connectivity index (χ2n) is 6.45. The van der Waals surface area contributed by atoms with Crippen LogP contribution in [-0.4, -0.2) is 33.2 Å². The van der Waals surface area contributed by atoms with Crippen LogP contribution in [0.4, 0.5) is 5.69 Å². The number of hydrogen-bond donors (Lipinski definition) is 1. The molecule has 0 bridgehead atoms. The van der Waals surface area contributed by atoms with Gasteiger partial charge in [0.2, 0.25) is 5.75 Å². The SMILES string of the molecule is CCC/C(=C\c1cc(OC)c2c(c1)OCCO2)C(=O)c1ccc(N)c(OC)c1. The number of nitrogen functional groups attached to an aromatic ring is 1. The van der Waals surface area contributed by atoms with Gasteiger partial charge in [0.15, 0.2) is 17.3 Å². The van der Waals surface area contributed by atoms with E-state index >= 15 is 0 Å². The van der Waals surface area contributed by atoms with Gasteiger partial charge in [-0.25, -0.2) is 0 Å². The molecule has 2 aromatic carbocycles. The van der Waals surface area contributed by atoms with Crippen LogP contribution in [0.25, 0.3) is 6.08 Å². The second-order valence-corrected chi connectivity index (χ2v) is 6.45. The monoisotopic (exact) mass is 383 g/mol. The Labute approximate surface area is 164 Å². The fourth-order valence-electron chi connectivity index (χ4n) is 3.14. The predicted octanol–water partition coefficient (Wildman–Crippen LogP) is 4.12. The fraction of sp³-hybridized carbons (Fsp3) is 0.318. The molecule has 2 N–H and O–H groups in total. The number of hydrogen-bond acceptors (Lipinski definition) is 6. The van der Waals surface area contributed by atoms with Crippen LogP contribution in [0.1, 0.15) is 35.7 Å². The predicted molar refractivity (Wildman–Crippen MR) is 109 cm³/mol. The molecule has 0 spiro atoms. The number of ketones is 1. The number of ether oxygens (including phenoxy) is 4. The molecular weight excluding hydrogens is 358 g/mol. The van der Waals surface area contributed by atoms with Gasteiger partial charge in [0.05, 0.1) is 19.9 Å². The summed E-state index contributed by atoms with van der Waals surface area (Å²) in [6.07, 6.45) is 3.35. The van der Waals surface area contributed by atoms with Crippen LogP contribution in [-0.2, 0) is 0 Å². The first-order valence-corrected chi connectivity index (χ1v) is 9.23. The fourth-order valence-corrected chi connectivity index (χ4v) is 3.14. The average Bonchev–Trinajstić information content (AvgIpc) is 2.72. The first kappa shape index (κ1) is 19.6. The molecule has 0 atom stereocenters. The van der Waals surface area contributed by atoms with Gasteiger partial charge in [-0.05, 0) is 48.4 Å². The topological polar surface area (TPSA) is 80.0 Å². The number of rotatable bonds is 7. The number of fused-ring (bicyclic) bond motifs is 1. The van der Waals surface area contributed by atoms with Gasteiger partial charge in [0.1, 0.15) is 19.0 Å². The molecule has 1 heterocycles. The smallest absolute Gasteiger partial charge is 0.203 e. The number of allylic oxidation sites excluding steroid dienone is 1. The lowest BCUT2D eigenvalue weighted by molar-refractivity contribution is 0.103. The molecule has 1 aliphatic heterocycles. The van der Waals surface area contributed by atoms with Gasteiger partial charge in [0.25, 0.3) is 0 Å². The number of carbonyl (C=O) groups excluding carboxylic acids is 1. The normalized spacial score (nSPS) is 13.2. The van der Waals surface area contributed by atoms with Crippen LogP contribution in [0.15, 0.2) is 35.9 Å². The maximum absolute atomic E-state index is 13.1. The summed E-state index contributed by atoms with van der Waals surface area (Å²) < 4.78 is 22.0. The molecule has 0 saturated heterocycles. The Morgan fingerprint density at radius 1 is 1.11 bits per heavy atom. The summed E-state index contributed by atoms with van der Waals surface area (Å²) in [4.78, 5) is 13.1. The van der Waals surface area contributed by atoms with Crippen LogP contribution in [0.5, 0.6) is 23.0 Å². The molecule has 3 rings (SSSR count). The van der Waals surface area contributed by atoms with Crippen molar-refractivity contribution in [2.45, 2.75) is 19.8 Å². The lowest BCUT2D eigenvalue weighted by Crippen LogP contribution is -2.16. The first-order valence-electron chi connectivity index (χ1n) is 9.23. The Hall–Kier alpha value is -3.15. The zero-order valence-corrected chi connectivity index (χ0v) is 16.4. The minimum atomic E-state index is -0.0611. The standard InChI is InChI=1S/C22H25NO5/c1-4-5-15(21(24)16-6-7-17(23)18(13-16)25-2)10-14-11-19(26-3)22-20(12-14)27-8-9-28-22/h6-7,10-13H,4-5,8-9,23H2,1-3H3/b15-10+. The molecule has 0 amide bonds. The summed E-state index contributed by atoms with van der Waals surface area (Å²) in [5.74, 6) is 2.23. The van der Waals surface area contributed by atoms with Crippen molar-refractivity contribution in [2.24, 2.45) is 0 Å². The van der Waals surface area contributed by atoms with E-state index in [0.29, 0.717) is 59.5 Å². The number of carbonyl (C=O) groups is 1. The van der Waals surface area contributed by atoms with Gasteiger partial charge in [-0.1, -0.05) is 13.3 Å². The summed E-state index contributed by atoms with van der Waals surface area (Å²) in [6, 6.07) is 8.78. The summed E-state index contributed by atoms with van der Waals surface area (Å²) >= 11 is 0. The third-order valence-corrected chi connectivity index (χ3v) is 4.50. The van der Waals surface area contributed by atoms with Gasteiger partial charge >= 0.3 is 0 Å². The number of methoxy groups -OCH3 is 2. The number of nitrogens with two attached hydrogens (primary N) is 1. The molecule has 6 nitrogen and oxygen atoms in total. The third kappa shape index (κ3) is 4.06. The van der Waals surface area contributed by atoms with Crippen molar-refractivity contribution < 1.29 is 23.7 Å². The van der Waals surface area contributed by atoms with Crippen molar-refractivity contribution in [3.05, 3.63) is 47.0 Å². The maximum Gasteiger partial charge on any atom is 0.203 e. The van der Waals surface area contributed by atoms with E-state index in [4.69, 9.17) is 24.7 Å². The van der Waals surface area contributed by atoms with Crippen molar-refractivity contribution in [3.8, 4) is 23.0 Å². The van der Waals surface area contributed by atoms with E-state index in [1.807, 2.05) is 25.1 Å². The van der Waals surface area contributed by atoms with E-state index in [9.17, 15) is 4.79 Å². The molecule has 2 aromatic rings. The molecule has 0 aromatic heterocycles. The van der Waals surface area contributed by atoms with E-state index < -0.39 is 0 Å². The van der Waals surface area contributed by atoms with E-state index in [1.54, 1.807) is 25.3 Å². The summed E-state index contributed by atoms with van der Waals surface area (Å²) in [5.41, 5.74) is 8.41. The van der Waals surface area contributed by atoms with Crippen molar-refractivity contribution in [1.29, 1.82) is 0 Å². The number of anilines is 1. The number of benzene rings is 2. The molecule has 148 valence electrons. The Morgan fingerprint density at radius 3 is 2.57 bits per heavy atom. The maximum atomic E-state index is 13.1. The lowest BCUT2D eigenvalue weighted by Gasteiger charge is -2.21. The van der Waals surface area contributed by atoms with Crippen LogP contribution < -0.4 is 24.7 Å². The van der Waals surface area contributed by atoms with Crippen LogP contribution in [0, 0.1) is 0 Å². The molecule has 0 saturated carbocycles. The Bertz CT molecular complexity index is 887. The highest BCUT2D eigenvalue weighted by molar-refractivity contribution is 6.11. The summed E-state index contributed by atoms with van der Waals surface area (Å²) in [5, 5.41) is 0. The average molecular weight is 383 g/mol. The molecule has 0 fully saturated rings.